The number of rotatable bonds is 7. The number of hydrogen-bond acceptors (Lipinski definition) is 8. The van der Waals surface area contributed by atoms with E-state index in [1.54, 1.807) is 40.5 Å². The number of anilines is 2. The number of aryl methyl sites for hydroxylation is 2. The summed E-state index contributed by atoms with van der Waals surface area (Å²) in [5.41, 5.74) is 8.06. The molecule has 0 spiro atoms. The molecule has 0 bridgehead atoms. The summed E-state index contributed by atoms with van der Waals surface area (Å²) in [5.74, 6) is 1.52. The Hall–Kier alpha value is -2.95. The van der Waals surface area contributed by atoms with Crippen LogP contribution in [0.5, 0.6) is 5.75 Å². The molecule has 1 fully saturated rings. The lowest BCUT2D eigenvalue weighted by Gasteiger charge is -2.35. The van der Waals surface area contributed by atoms with Crippen molar-refractivity contribution in [3.63, 3.8) is 0 Å². The van der Waals surface area contributed by atoms with Crippen LogP contribution in [0.4, 0.5) is 11.8 Å². The van der Waals surface area contributed by atoms with E-state index in [0.29, 0.717) is 37.0 Å². The number of amides is 1. The summed E-state index contributed by atoms with van der Waals surface area (Å²) in [6.07, 6.45) is 1.71. The first kappa shape index (κ1) is 24.7. The third-order valence-electron chi connectivity index (χ3n) is 5.95. The number of nitrogens with zero attached hydrogens (tertiary/aromatic N) is 5. The standard InChI is InChI=1S/C25H24BrClN6O2S/c26-17-4-1-16(2-5-17)3-10-20-29-22-23(30-25(28)31-24(22)36-20)33-13-11-32(12-14-33)21(34)15-35-19-8-6-18(27)7-9-19/h1-2,4-9H,3,10-15H2,(H2,28,30,31). The molecule has 2 aromatic carbocycles. The SMILES string of the molecule is Nc1nc(N2CCN(C(=O)COc3ccc(Cl)cc3)CC2)c2nc(CCc3ccc(Br)cc3)sc2n1. The molecule has 1 aliphatic heterocycles. The predicted molar refractivity (Wildman–Crippen MR) is 147 cm³/mol. The quantitative estimate of drug-likeness (QED) is 0.338. The van der Waals surface area contributed by atoms with E-state index in [2.05, 4.69) is 42.9 Å². The fourth-order valence-corrected chi connectivity index (χ4v) is 5.36. The molecule has 2 N–H and O–H groups in total. The number of carbonyl (C=O) groups is 1. The molecule has 0 aliphatic carbocycles. The Balaban J connectivity index is 1.22. The second kappa shape index (κ2) is 11.0. The van der Waals surface area contributed by atoms with Gasteiger partial charge in [-0.15, -0.1) is 0 Å². The zero-order valence-electron chi connectivity index (χ0n) is 19.4. The van der Waals surface area contributed by atoms with E-state index in [1.165, 1.54) is 5.56 Å². The van der Waals surface area contributed by atoms with Crippen LogP contribution in [-0.2, 0) is 17.6 Å². The Morgan fingerprint density at radius 1 is 1.00 bits per heavy atom. The molecule has 186 valence electrons. The number of ether oxygens (including phenoxy) is 1. The van der Waals surface area contributed by atoms with Crippen molar-refractivity contribution < 1.29 is 9.53 Å². The molecule has 0 saturated carbocycles. The smallest absolute Gasteiger partial charge is 0.260 e. The van der Waals surface area contributed by atoms with E-state index in [1.807, 2.05) is 12.1 Å². The van der Waals surface area contributed by atoms with Gasteiger partial charge in [0.05, 0.1) is 5.01 Å². The van der Waals surface area contributed by atoms with Crippen molar-refractivity contribution in [2.24, 2.45) is 0 Å². The highest BCUT2D eigenvalue weighted by Gasteiger charge is 2.25. The van der Waals surface area contributed by atoms with Crippen LogP contribution >= 0.6 is 38.9 Å². The van der Waals surface area contributed by atoms with Crippen LogP contribution in [0.2, 0.25) is 5.02 Å². The summed E-state index contributed by atoms with van der Waals surface area (Å²) in [4.78, 5) is 31.2. The highest BCUT2D eigenvalue weighted by atomic mass is 79.9. The van der Waals surface area contributed by atoms with E-state index in [4.69, 9.17) is 27.1 Å². The van der Waals surface area contributed by atoms with Gasteiger partial charge in [-0.2, -0.15) is 4.98 Å². The normalized spacial score (nSPS) is 13.8. The largest absolute Gasteiger partial charge is 0.484 e. The van der Waals surface area contributed by atoms with Crippen LogP contribution in [0.3, 0.4) is 0 Å². The number of nitrogen functional groups attached to an aromatic ring is 1. The van der Waals surface area contributed by atoms with Crippen LogP contribution in [0.15, 0.2) is 53.0 Å². The topological polar surface area (TPSA) is 97.5 Å². The van der Waals surface area contributed by atoms with Crippen molar-refractivity contribution in [2.45, 2.75) is 12.8 Å². The van der Waals surface area contributed by atoms with Crippen molar-refractivity contribution in [1.82, 2.24) is 19.9 Å². The maximum atomic E-state index is 12.7. The Morgan fingerprint density at radius 3 is 2.44 bits per heavy atom. The number of thiazole rings is 1. The Labute approximate surface area is 226 Å². The first-order chi connectivity index (χ1) is 17.4. The number of nitrogens with two attached hydrogens (primary N) is 1. The van der Waals surface area contributed by atoms with Gasteiger partial charge in [0.25, 0.3) is 5.91 Å². The molecule has 11 heteroatoms. The van der Waals surface area contributed by atoms with Crippen molar-refractivity contribution in [3.05, 3.63) is 68.6 Å². The lowest BCUT2D eigenvalue weighted by molar-refractivity contribution is -0.133. The zero-order chi connectivity index (χ0) is 25.1. The van der Waals surface area contributed by atoms with Crippen LogP contribution < -0.4 is 15.4 Å². The number of hydrogen-bond donors (Lipinski definition) is 1. The van der Waals surface area contributed by atoms with E-state index < -0.39 is 0 Å². The Kier molecular flexibility index (Phi) is 7.54. The fraction of sp³-hybridized carbons (Fsp3) is 0.280. The highest BCUT2D eigenvalue weighted by Crippen LogP contribution is 2.30. The van der Waals surface area contributed by atoms with Crippen molar-refractivity contribution in [1.29, 1.82) is 0 Å². The van der Waals surface area contributed by atoms with E-state index in [0.717, 1.165) is 38.5 Å². The van der Waals surface area contributed by atoms with Gasteiger partial charge in [-0.1, -0.05) is 51.0 Å². The maximum absolute atomic E-state index is 12.7. The molecular formula is C25H24BrClN6O2S. The first-order valence-corrected chi connectivity index (χ1v) is 13.5. The molecule has 1 saturated heterocycles. The van der Waals surface area contributed by atoms with Gasteiger partial charge in [-0.25, -0.2) is 9.97 Å². The summed E-state index contributed by atoms with van der Waals surface area (Å²) in [7, 11) is 0. The van der Waals surface area contributed by atoms with Crippen LogP contribution in [0.25, 0.3) is 10.3 Å². The van der Waals surface area contributed by atoms with Crippen LogP contribution in [0.1, 0.15) is 10.6 Å². The summed E-state index contributed by atoms with van der Waals surface area (Å²) in [6.45, 7) is 2.37. The van der Waals surface area contributed by atoms with E-state index in [-0.39, 0.29) is 18.5 Å². The minimum atomic E-state index is -0.0548. The van der Waals surface area contributed by atoms with E-state index in [9.17, 15) is 4.79 Å². The number of carbonyl (C=O) groups excluding carboxylic acids is 1. The second-order valence-electron chi connectivity index (χ2n) is 8.40. The molecule has 0 radical (unpaired) electrons. The highest BCUT2D eigenvalue weighted by molar-refractivity contribution is 9.10. The predicted octanol–water partition coefficient (Wildman–Crippen LogP) is 4.60. The average molecular weight is 588 g/mol. The second-order valence-corrected chi connectivity index (χ2v) is 10.8. The summed E-state index contributed by atoms with van der Waals surface area (Å²) in [5, 5.41) is 1.63. The molecule has 5 rings (SSSR count). The molecule has 8 nitrogen and oxygen atoms in total. The zero-order valence-corrected chi connectivity index (χ0v) is 22.5. The lowest BCUT2D eigenvalue weighted by Crippen LogP contribution is -2.50. The average Bonchev–Trinajstić information content (AvgIpc) is 3.30. The van der Waals surface area contributed by atoms with Gasteiger partial charge in [0.1, 0.15) is 11.3 Å². The monoisotopic (exact) mass is 586 g/mol. The molecule has 36 heavy (non-hydrogen) atoms. The molecule has 3 heterocycles. The Morgan fingerprint density at radius 2 is 1.72 bits per heavy atom. The first-order valence-electron chi connectivity index (χ1n) is 11.5. The van der Waals surface area contributed by atoms with Gasteiger partial charge in [0.2, 0.25) is 5.95 Å². The third kappa shape index (κ3) is 5.88. The summed E-state index contributed by atoms with van der Waals surface area (Å²) >= 11 is 10.9. The van der Waals surface area contributed by atoms with E-state index >= 15 is 0 Å². The molecule has 4 aromatic rings. The lowest BCUT2D eigenvalue weighted by atomic mass is 10.1. The van der Waals surface area contributed by atoms with Crippen LogP contribution in [-0.4, -0.2) is 58.5 Å². The van der Waals surface area contributed by atoms with Gasteiger partial charge >= 0.3 is 0 Å². The van der Waals surface area contributed by atoms with Gasteiger partial charge in [-0.3, -0.25) is 4.79 Å². The number of fused-ring (bicyclic) bond motifs is 1. The van der Waals surface area contributed by atoms with Crippen LogP contribution in [0, 0.1) is 0 Å². The third-order valence-corrected chi connectivity index (χ3v) is 7.74. The Bertz CT molecular complexity index is 1360. The molecule has 0 atom stereocenters. The number of aromatic nitrogens is 3. The molecule has 0 unspecified atom stereocenters. The molecule has 2 aromatic heterocycles. The van der Waals surface area contributed by atoms with Gasteiger partial charge in [-0.05, 0) is 48.4 Å². The van der Waals surface area contributed by atoms with Gasteiger partial charge in [0.15, 0.2) is 17.3 Å². The number of benzene rings is 2. The minimum Gasteiger partial charge on any atom is -0.484 e. The van der Waals surface area contributed by atoms with Crippen molar-refractivity contribution >= 4 is 66.9 Å². The molecule has 1 aliphatic rings. The van der Waals surface area contributed by atoms with Gasteiger partial charge in [0, 0.05) is 42.1 Å². The van der Waals surface area contributed by atoms with Crippen molar-refractivity contribution in [3.8, 4) is 5.75 Å². The number of piperazine rings is 1. The summed E-state index contributed by atoms with van der Waals surface area (Å²) in [6, 6.07) is 15.3. The number of halogens is 2. The molecule has 1 amide bonds. The van der Waals surface area contributed by atoms with Crippen molar-refractivity contribution in [2.75, 3.05) is 43.4 Å². The minimum absolute atomic E-state index is 0.0137. The molecular weight excluding hydrogens is 564 g/mol. The summed E-state index contributed by atoms with van der Waals surface area (Å²) < 4.78 is 6.68. The maximum Gasteiger partial charge on any atom is 0.260 e. The fourth-order valence-electron chi connectivity index (χ4n) is 4.03. The van der Waals surface area contributed by atoms with Gasteiger partial charge < -0.3 is 20.3 Å².